The second kappa shape index (κ2) is 4.49. The molecule has 0 saturated heterocycles. The Balaban J connectivity index is 2.46. The molecule has 1 aromatic heterocycles. The smallest absolute Gasteiger partial charge is 0.196 e. The number of nitrogens with one attached hydrogen (secondary N) is 1. The molecular weight excluding hydrogens is 260 g/mol. The second-order valence-electron chi connectivity index (χ2n) is 4.42. The van der Waals surface area contributed by atoms with E-state index < -0.39 is 11.6 Å². The quantitative estimate of drug-likeness (QED) is 0.709. The standard InChI is InChI=1S/C16H11F2NO/c1-2-9-14-10(5-3-8-13(14)19-16(9)20)15-11(17)6-4-7-12(15)18/h2-8,19-20H,1H2. The molecule has 0 atom stereocenters. The Morgan fingerprint density at radius 2 is 1.70 bits per heavy atom. The van der Waals surface area contributed by atoms with Gasteiger partial charge in [0.1, 0.15) is 11.6 Å². The minimum absolute atomic E-state index is 0.0702. The number of halogens is 2. The molecular formula is C16H11F2NO. The maximum Gasteiger partial charge on any atom is 0.196 e. The van der Waals surface area contributed by atoms with Crippen molar-refractivity contribution in [1.82, 2.24) is 4.98 Å². The molecule has 0 spiro atoms. The summed E-state index contributed by atoms with van der Waals surface area (Å²) in [7, 11) is 0. The molecule has 4 heteroatoms. The van der Waals surface area contributed by atoms with Crippen molar-refractivity contribution in [3.05, 3.63) is 60.2 Å². The Bertz CT molecular complexity index is 800. The topological polar surface area (TPSA) is 36.0 Å². The molecule has 0 saturated carbocycles. The van der Waals surface area contributed by atoms with E-state index in [1.54, 1.807) is 18.2 Å². The Morgan fingerprint density at radius 3 is 2.35 bits per heavy atom. The molecule has 2 N–H and O–H groups in total. The van der Waals surface area contributed by atoms with Crippen LogP contribution in [-0.4, -0.2) is 10.1 Å². The first kappa shape index (κ1) is 12.4. The van der Waals surface area contributed by atoms with Gasteiger partial charge in [0, 0.05) is 16.5 Å². The molecule has 2 aromatic carbocycles. The molecule has 2 nitrogen and oxygen atoms in total. The number of aromatic hydroxyl groups is 1. The lowest BCUT2D eigenvalue weighted by molar-refractivity contribution is 0.457. The Morgan fingerprint density at radius 1 is 1.05 bits per heavy atom. The van der Waals surface area contributed by atoms with Crippen molar-refractivity contribution in [1.29, 1.82) is 0 Å². The molecule has 1 heterocycles. The van der Waals surface area contributed by atoms with Crippen LogP contribution >= 0.6 is 0 Å². The molecule has 0 aliphatic carbocycles. The Labute approximate surface area is 114 Å². The van der Waals surface area contributed by atoms with Crippen LogP contribution in [0.1, 0.15) is 5.56 Å². The van der Waals surface area contributed by atoms with Crippen LogP contribution < -0.4 is 0 Å². The first-order valence-corrected chi connectivity index (χ1v) is 6.04. The minimum atomic E-state index is -0.645. The van der Waals surface area contributed by atoms with E-state index >= 15 is 0 Å². The summed E-state index contributed by atoms with van der Waals surface area (Å²) in [6, 6.07) is 8.74. The van der Waals surface area contributed by atoms with E-state index in [0.717, 1.165) is 0 Å². The van der Waals surface area contributed by atoms with Crippen molar-refractivity contribution in [3.8, 4) is 17.0 Å². The highest BCUT2D eigenvalue weighted by molar-refractivity contribution is 6.02. The third-order valence-electron chi connectivity index (χ3n) is 3.28. The number of hydrogen-bond acceptors (Lipinski definition) is 1. The lowest BCUT2D eigenvalue weighted by Crippen LogP contribution is -1.90. The van der Waals surface area contributed by atoms with Gasteiger partial charge in [0.25, 0.3) is 0 Å². The summed E-state index contributed by atoms with van der Waals surface area (Å²) in [4.78, 5) is 2.77. The summed E-state index contributed by atoms with van der Waals surface area (Å²) in [5.41, 5.74) is 1.29. The van der Waals surface area contributed by atoms with Crippen LogP contribution in [0.4, 0.5) is 8.78 Å². The predicted octanol–water partition coefficient (Wildman–Crippen LogP) is 4.46. The molecule has 0 unspecified atom stereocenters. The highest BCUT2D eigenvalue weighted by Gasteiger charge is 2.18. The Kier molecular flexibility index (Phi) is 2.79. The molecule has 3 aromatic rings. The minimum Gasteiger partial charge on any atom is -0.494 e. The molecule has 100 valence electrons. The van der Waals surface area contributed by atoms with Crippen molar-refractivity contribution in [3.63, 3.8) is 0 Å². The van der Waals surface area contributed by atoms with Gasteiger partial charge in [0.2, 0.25) is 0 Å². The van der Waals surface area contributed by atoms with Gasteiger partial charge in [0.15, 0.2) is 5.88 Å². The van der Waals surface area contributed by atoms with Crippen molar-refractivity contribution in [2.24, 2.45) is 0 Å². The van der Waals surface area contributed by atoms with Crippen LogP contribution in [0.2, 0.25) is 0 Å². The van der Waals surface area contributed by atoms with Crippen LogP contribution in [0.3, 0.4) is 0 Å². The van der Waals surface area contributed by atoms with Crippen LogP contribution in [0.5, 0.6) is 5.88 Å². The van der Waals surface area contributed by atoms with Gasteiger partial charge < -0.3 is 10.1 Å². The Hall–Kier alpha value is -2.62. The number of aromatic amines is 1. The first-order valence-electron chi connectivity index (χ1n) is 6.04. The molecule has 0 radical (unpaired) electrons. The van der Waals surface area contributed by atoms with E-state index in [1.165, 1.54) is 24.3 Å². The summed E-state index contributed by atoms with van der Waals surface area (Å²) in [6.07, 6.45) is 1.45. The lowest BCUT2D eigenvalue weighted by atomic mass is 9.98. The lowest BCUT2D eigenvalue weighted by Gasteiger charge is -2.07. The number of fused-ring (bicyclic) bond motifs is 1. The van der Waals surface area contributed by atoms with E-state index in [2.05, 4.69) is 11.6 Å². The molecule has 0 aliphatic rings. The van der Waals surface area contributed by atoms with Crippen molar-refractivity contribution < 1.29 is 13.9 Å². The molecule has 0 amide bonds. The summed E-state index contributed by atoms with van der Waals surface area (Å²) >= 11 is 0. The number of aromatic nitrogens is 1. The van der Waals surface area contributed by atoms with Gasteiger partial charge in [-0.2, -0.15) is 0 Å². The van der Waals surface area contributed by atoms with Gasteiger partial charge in [-0.15, -0.1) is 0 Å². The van der Waals surface area contributed by atoms with Gasteiger partial charge >= 0.3 is 0 Å². The third-order valence-corrected chi connectivity index (χ3v) is 3.28. The van der Waals surface area contributed by atoms with E-state index in [9.17, 15) is 13.9 Å². The SMILES string of the molecule is C=Cc1c(O)[nH]c2cccc(-c3c(F)cccc3F)c12. The van der Waals surface area contributed by atoms with E-state index in [4.69, 9.17) is 0 Å². The summed E-state index contributed by atoms with van der Waals surface area (Å²) < 4.78 is 27.9. The average Bonchev–Trinajstić information content (AvgIpc) is 2.74. The molecule has 0 fully saturated rings. The zero-order valence-corrected chi connectivity index (χ0v) is 10.5. The fraction of sp³-hybridized carbons (Fsp3) is 0. The van der Waals surface area contributed by atoms with E-state index in [1.807, 2.05) is 0 Å². The highest BCUT2D eigenvalue weighted by Crippen LogP contribution is 2.37. The number of benzene rings is 2. The van der Waals surface area contributed by atoms with Crippen LogP contribution in [0.25, 0.3) is 28.1 Å². The predicted molar refractivity (Wildman–Crippen MR) is 75.4 cm³/mol. The van der Waals surface area contributed by atoms with Crippen molar-refractivity contribution >= 4 is 17.0 Å². The zero-order chi connectivity index (χ0) is 14.3. The zero-order valence-electron chi connectivity index (χ0n) is 10.5. The molecule has 0 aliphatic heterocycles. The van der Waals surface area contributed by atoms with E-state index in [0.29, 0.717) is 22.0 Å². The summed E-state index contributed by atoms with van der Waals surface area (Å²) in [5, 5.41) is 10.4. The monoisotopic (exact) mass is 271 g/mol. The summed E-state index contributed by atoms with van der Waals surface area (Å²) in [6.45, 7) is 3.63. The van der Waals surface area contributed by atoms with Crippen molar-refractivity contribution in [2.45, 2.75) is 0 Å². The van der Waals surface area contributed by atoms with Crippen LogP contribution in [-0.2, 0) is 0 Å². The normalized spacial score (nSPS) is 10.9. The maximum atomic E-state index is 14.0. The van der Waals surface area contributed by atoms with Gasteiger partial charge in [-0.3, -0.25) is 0 Å². The molecule has 3 rings (SSSR count). The third kappa shape index (κ3) is 1.69. The fourth-order valence-electron chi connectivity index (χ4n) is 2.42. The second-order valence-corrected chi connectivity index (χ2v) is 4.42. The highest BCUT2D eigenvalue weighted by atomic mass is 19.1. The average molecular weight is 271 g/mol. The van der Waals surface area contributed by atoms with Crippen molar-refractivity contribution in [2.75, 3.05) is 0 Å². The van der Waals surface area contributed by atoms with Crippen LogP contribution in [0, 0.1) is 11.6 Å². The van der Waals surface area contributed by atoms with Gasteiger partial charge in [-0.05, 0) is 23.8 Å². The fourth-order valence-corrected chi connectivity index (χ4v) is 2.42. The number of rotatable bonds is 2. The number of hydrogen-bond donors (Lipinski definition) is 2. The van der Waals surface area contributed by atoms with Crippen LogP contribution in [0.15, 0.2) is 43.0 Å². The molecule has 20 heavy (non-hydrogen) atoms. The molecule has 0 bridgehead atoms. The number of H-pyrrole nitrogens is 1. The summed E-state index contributed by atoms with van der Waals surface area (Å²) in [5.74, 6) is -1.36. The maximum absolute atomic E-state index is 14.0. The van der Waals surface area contributed by atoms with Gasteiger partial charge in [-0.1, -0.05) is 30.9 Å². The van der Waals surface area contributed by atoms with Gasteiger partial charge in [-0.25, -0.2) is 8.78 Å². The van der Waals surface area contributed by atoms with Gasteiger partial charge in [0.05, 0.1) is 5.56 Å². The first-order chi connectivity index (χ1) is 9.63. The largest absolute Gasteiger partial charge is 0.494 e. The van der Waals surface area contributed by atoms with E-state index in [-0.39, 0.29) is 11.4 Å².